The Labute approximate surface area is 128 Å². The van der Waals surface area contributed by atoms with Crippen molar-refractivity contribution in [3.05, 3.63) is 35.4 Å². The predicted octanol–water partition coefficient (Wildman–Crippen LogP) is 3.50. The van der Waals surface area contributed by atoms with E-state index in [1.54, 1.807) is 11.8 Å². The number of amides is 1. The molecule has 1 aliphatic heterocycles. The molecular formula is C16H21F2NOS. The van der Waals surface area contributed by atoms with E-state index >= 15 is 0 Å². The van der Waals surface area contributed by atoms with Gasteiger partial charge in [0, 0.05) is 19.2 Å². The molecule has 1 aromatic rings. The number of piperidine rings is 1. The number of halogens is 2. The molecule has 0 radical (unpaired) electrons. The van der Waals surface area contributed by atoms with Crippen LogP contribution in [0, 0.1) is 17.6 Å². The lowest BCUT2D eigenvalue weighted by Gasteiger charge is -2.32. The Hall–Kier alpha value is -1.10. The van der Waals surface area contributed by atoms with E-state index in [0.717, 1.165) is 38.4 Å². The highest BCUT2D eigenvalue weighted by Crippen LogP contribution is 2.23. The standard InChI is InChI=1S/C16H21F2NOS/c1-21-11-16(20)19-8-2-3-12(10-19)4-5-13-6-7-14(17)9-15(13)18/h6-7,9,12H,2-5,8,10-11H2,1H3/t12-/m0/s1. The average molecular weight is 313 g/mol. The van der Waals surface area contributed by atoms with Gasteiger partial charge in [-0.2, -0.15) is 11.8 Å². The fourth-order valence-corrected chi connectivity index (χ4v) is 3.26. The third-order valence-electron chi connectivity index (χ3n) is 3.98. The van der Waals surface area contributed by atoms with Gasteiger partial charge in [-0.3, -0.25) is 4.79 Å². The van der Waals surface area contributed by atoms with E-state index in [1.165, 1.54) is 12.1 Å². The molecule has 1 aliphatic rings. The molecule has 0 aromatic heterocycles. The maximum atomic E-state index is 13.6. The van der Waals surface area contributed by atoms with Crippen molar-refractivity contribution in [2.24, 2.45) is 5.92 Å². The van der Waals surface area contributed by atoms with Gasteiger partial charge in [-0.15, -0.1) is 0 Å². The number of benzene rings is 1. The van der Waals surface area contributed by atoms with Crippen LogP contribution in [0.25, 0.3) is 0 Å². The smallest absolute Gasteiger partial charge is 0.232 e. The number of hydrogen-bond donors (Lipinski definition) is 0. The molecule has 1 fully saturated rings. The maximum absolute atomic E-state index is 13.6. The quantitative estimate of drug-likeness (QED) is 0.829. The van der Waals surface area contributed by atoms with E-state index in [-0.39, 0.29) is 5.91 Å². The van der Waals surface area contributed by atoms with Gasteiger partial charge in [0.15, 0.2) is 0 Å². The van der Waals surface area contributed by atoms with Crippen LogP contribution in [0.3, 0.4) is 0 Å². The summed E-state index contributed by atoms with van der Waals surface area (Å²) < 4.78 is 26.5. The first kappa shape index (κ1) is 16.3. The minimum atomic E-state index is -0.539. The topological polar surface area (TPSA) is 20.3 Å². The van der Waals surface area contributed by atoms with E-state index in [9.17, 15) is 13.6 Å². The highest BCUT2D eigenvalue weighted by molar-refractivity contribution is 7.99. The zero-order valence-electron chi connectivity index (χ0n) is 12.3. The second-order valence-electron chi connectivity index (χ2n) is 5.56. The summed E-state index contributed by atoms with van der Waals surface area (Å²) in [7, 11) is 0. The van der Waals surface area contributed by atoms with E-state index in [0.29, 0.717) is 23.7 Å². The second kappa shape index (κ2) is 7.78. The molecule has 1 saturated heterocycles. The Bertz CT molecular complexity index is 495. The number of carbonyl (C=O) groups excluding carboxylic acids is 1. The van der Waals surface area contributed by atoms with Crippen LogP contribution >= 0.6 is 11.8 Å². The first-order chi connectivity index (χ1) is 10.1. The molecule has 0 saturated carbocycles. The summed E-state index contributed by atoms with van der Waals surface area (Å²) in [6, 6.07) is 3.75. The Morgan fingerprint density at radius 3 is 2.95 bits per heavy atom. The molecule has 0 spiro atoms. The highest BCUT2D eigenvalue weighted by Gasteiger charge is 2.23. The van der Waals surface area contributed by atoms with Crippen molar-refractivity contribution in [1.82, 2.24) is 4.90 Å². The minimum absolute atomic E-state index is 0.195. The molecule has 0 N–H and O–H groups in total. The summed E-state index contributed by atoms with van der Waals surface area (Å²) in [4.78, 5) is 13.8. The van der Waals surface area contributed by atoms with Crippen LogP contribution in [0.5, 0.6) is 0 Å². The van der Waals surface area contributed by atoms with Crippen molar-refractivity contribution in [3.8, 4) is 0 Å². The van der Waals surface area contributed by atoms with Crippen molar-refractivity contribution in [2.45, 2.75) is 25.7 Å². The zero-order chi connectivity index (χ0) is 15.2. The molecule has 21 heavy (non-hydrogen) atoms. The Balaban J connectivity index is 1.86. The normalized spacial score (nSPS) is 18.8. The van der Waals surface area contributed by atoms with Gasteiger partial charge in [0.2, 0.25) is 5.91 Å². The Morgan fingerprint density at radius 2 is 2.24 bits per heavy atom. The second-order valence-corrected chi connectivity index (χ2v) is 6.42. The summed E-state index contributed by atoms with van der Waals surface area (Å²) in [6.45, 7) is 1.60. The SMILES string of the molecule is CSCC(=O)N1CCC[C@@H](CCc2ccc(F)cc2F)C1. The minimum Gasteiger partial charge on any atom is -0.342 e. The van der Waals surface area contributed by atoms with E-state index < -0.39 is 11.6 Å². The van der Waals surface area contributed by atoms with Gasteiger partial charge in [0.25, 0.3) is 0 Å². The summed E-state index contributed by atoms with van der Waals surface area (Å²) in [5.41, 5.74) is 0.559. The molecule has 0 aliphatic carbocycles. The van der Waals surface area contributed by atoms with Gasteiger partial charge in [-0.25, -0.2) is 8.78 Å². The van der Waals surface area contributed by atoms with Crippen LogP contribution in [0.15, 0.2) is 18.2 Å². The predicted molar refractivity (Wildman–Crippen MR) is 82.4 cm³/mol. The van der Waals surface area contributed by atoms with Gasteiger partial charge < -0.3 is 4.90 Å². The molecule has 1 amide bonds. The van der Waals surface area contributed by atoms with E-state index in [4.69, 9.17) is 0 Å². The molecular weight excluding hydrogens is 292 g/mol. The molecule has 1 aromatic carbocycles. The lowest BCUT2D eigenvalue weighted by molar-refractivity contribution is -0.130. The van der Waals surface area contributed by atoms with Crippen LogP contribution in [0.1, 0.15) is 24.8 Å². The van der Waals surface area contributed by atoms with E-state index in [2.05, 4.69) is 0 Å². The van der Waals surface area contributed by atoms with Crippen LogP contribution in [0.2, 0.25) is 0 Å². The largest absolute Gasteiger partial charge is 0.342 e. The zero-order valence-corrected chi connectivity index (χ0v) is 13.1. The van der Waals surface area contributed by atoms with Crippen LogP contribution < -0.4 is 0 Å². The van der Waals surface area contributed by atoms with Crippen molar-refractivity contribution in [1.29, 1.82) is 0 Å². The summed E-state index contributed by atoms with van der Waals surface area (Å²) in [5, 5.41) is 0. The number of nitrogens with zero attached hydrogens (tertiary/aromatic N) is 1. The first-order valence-corrected chi connectivity index (χ1v) is 8.70. The fourth-order valence-electron chi connectivity index (χ4n) is 2.83. The number of aryl methyl sites for hydroxylation is 1. The van der Waals surface area contributed by atoms with Gasteiger partial charge in [-0.1, -0.05) is 6.07 Å². The van der Waals surface area contributed by atoms with Gasteiger partial charge in [0.05, 0.1) is 5.75 Å². The number of likely N-dealkylation sites (tertiary alicyclic amines) is 1. The van der Waals surface area contributed by atoms with Gasteiger partial charge in [-0.05, 0) is 49.5 Å². The molecule has 0 unspecified atom stereocenters. The third-order valence-corrected chi connectivity index (χ3v) is 4.51. The molecule has 1 atom stereocenters. The summed E-state index contributed by atoms with van der Waals surface area (Å²) in [6.07, 6.45) is 5.45. The molecule has 1 heterocycles. The van der Waals surface area contributed by atoms with E-state index in [1.807, 2.05) is 11.2 Å². The third kappa shape index (κ3) is 4.70. The average Bonchev–Trinajstić information content (AvgIpc) is 2.47. The molecule has 0 bridgehead atoms. The summed E-state index contributed by atoms with van der Waals surface area (Å²) in [5.74, 6) is 0.123. The number of carbonyl (C=O) groups is 1. The molecule has 116 valence electrons. The van der Waals surface area contributed by atoms with Crippen LogP contribution in [-0.4, -0.2) is 35.9 Å². The van der Waals surface area contributed by atoms with Crippen molar-refractivity contribution in [3.63, 3.8) is 0 Å². The molecule has 2 rings (SSSR count). The Morgan fingerprint density at radius 1 is 1.43 bits per heavy atom. The lowest BCUT2D eigenvalue weighted by Crippen LogP contribution is -2.41. The maximum Gasteiger partial charge on any atom is 0.232 e. The number of hydrogen-bond acceptors (Lipinski definition) is 2. The first-order valence-electron chi connectivity index (χ1n) is 7.30. The Kier molecular flexibility index (Phi) is 6.03. The van der Waals surface area contributed by atoms with Crippen LogP contribution in [-0.2, 0) is 11.2 Å². The number of thioether (sulfide) groups is 1. The number of rotatable bonds is 5. The highest BCUT2D eigenvalue weighted by atomic mass is 32.2. The summed E-state index contributed by atoms with van der Waals surface area (Å²) >= 11 is 1.54. The monoisotopic (exact) mass is 313 g/mol. The fraction of sp³-hybridized carbons (Fsp3) is 0.562. The van der Waals surface area contributed by atoms with Crippen molar-refractivity contribution < 1.29 is 13.6 Å². The van der Waals surface area contributed by atoms with Crippen molar-refractivity contribution in [2.75, 3.05) is 25.1 Å². The molecule has 5 heteroatoms. The molecule has 2 nitrogen and oxygen atoms in total. The van der Waals surface area contributed by atoms with Crippen LogP contribution in [0.4, 0.5) is 8.78 Å². The van der Waals surface area contributed by atoms with Gasteiger partial charge in [0.1, 0.15) is 11.6 Å². The van der Waals surface area contributed by atoms with Gasteiger partial charge >= 0.3 is 0 Å². The lowest BCUT2D eigenvalue weighted by atomic mass is 9.91. The van der Waals surface area contributed by atoms with Crippen molar-refractivity contribution >= 4 is 17.7 Å².